The first kappa shape index (κ1) is 9.52. The van der Waals surface area contributed by atoms with Gasteiger partial charge in [-0.15, -0.1) is 0 Å². The molecule has 1 fully saturated rings. The van der Waals surface area contributed by atoms with E-state index in [9.17, 15) is 4.79 Å². The maximum Gasteiger partial charge on any atom is 0.207 e. The first-order chi connectivity index (χ1) is 5.64. The summed E-state index contributed by atoms with van der Waals surface area (Å²) in [5, 5.41) is 2.64. The van der Waals surface area contributed by atoms with Crippen molar-refractivity contribution in [1.29, 1.82) is 0 Å². The lowest BCUT2D eigenvalue weighted by Gasteiger charge is -2.34. The van der Waals surface area contributed by atoms with Gasteiger partial charge >= 0.3 is 0 Å². The van der Waals surface area contributed by atoms with E-state index in [1.807, 2.05) is 0 Å². The summed E-state index contributed by atoms with van der Waals surface area (Å²) < 4.78 is 5.57. The third-order valence-electron chi connectivity index (χ3n) is 2.28. The van der Waals surface area contributed by atoms with Gasteiger partial charge in [-0.2, -0.15) is 0 Å². The minimum absolute atomic E-state index is 0.225. The zero-order valence-corrected chi connectivity index (χ0v) is 7.80. The maximum absolute atomic E-state index is 10.0. The van der Waals surface area contributed by atoms with Gasteiger partial charge in [0.05, 0.1) is 12.7 Å². The van der Waals surface area contributed by atoms with Crippen LogP contribution >= 0.6 is 0 Å². The molecule has 70 valence electrons. The van der Waals surface area contributed by atoms with Crippen LogP contribution in [0, 0.1) is 5.41 Å². The van der Waals surface area contributed by atoms with Crippen LogP contribution in [0.2, 0.25) is 0 Å². The van der Waals surface area contributed by atoms with Crippen molar-refractivity contribution in [2.75, 3.05) is 13.2 Å². The number of carbonyl (C=O) groups excluding carboxylic acids is 1. The summed E-state index contributed by atoms with van der Waals surface area (Å²) >= 11 is 0. The van der Waals surface area contributed by atoms with Gasteiger partial charge in [-0.1, -0.05) is 13.8 Å². The Morgan fingerprint density at radius 3 is 2.92 bits per heavy atom. The van der Waals surface area contributed by atoms with Crippen molar-refractivity contribution >= 4 is 6.41 Å². The van der Waals surface area contributed by atoms with Crippen LogP contribution in [0.25, 0.3) is 0 Å². The van der Waals surface area contributed by atoms with E-state index >= 15 is 0 Å². The van der Waals surface area contributed by atoms with Gasteiger partial charge in [-0.3, -0.25) is 4.79 Å². The molecule has 1 unspecified atom stereocenters. The second-order valence-corrected chi connectivity index (χ2v) is 4.16. The Bertz CT molecular complexity index is 147. The second kappa shape index (κ2) is 3.90. The molecule has 0 saturated carbocycles. The molecule has 1 aliphatic rings. The molecule has 0 aromatic heterocycles. The number of carbonyl (C=O) groups is 1. The highest BCUT2D eigenvalue weighted by Crippen LogP contribution is 2.29. The average Bonchev–Trinajstić information content (AvgIpc) is 2.03. The number of nitrogens with one attached hydrogen (secondary N) is 1. The Balaban J connectivity index is 2.22. The summed E-state index contributed by atoms with van der Waals surface area (Å²) in [6.07, 6.45) is 3.18. The summed E-state index contributed by atoms with van der Waals surface area (Å²) in [4.78, 5) is 10.0. The van der Waals surface area contributed by atoms with Crippen LogP contribution in [0.1, 0.15) is 26.7 Å². The second-order valence-electron chi connectivity index (χ2n) is 4.16. The molecule has 0 aromatic rings. The van der Waals surface area contributed by atoms with E-state index in [1.54, 1.807) is 0 Å². The predicted molar refractivity (Wildman–Crippen MR) is 46.8 cm³/mol. The molecule has 0 radical (unpaired) electrons. The molecule has 1 atom stereocenters. The summed E-state index contributed by atoms with van der Waals surface area (Å²) in [6.45, 7) is 5.87. The van der Waals surface area contributed by atoms with Gasteiger partial charge in [0, 0.05) is 6.54 Å². The van der Waals surface area contributed by atoms with Crippen LogP contribution in [-0.2, 0) is 9.53 Å². The topological polar surface area (TPSA) is 38.3 Å². The van der Waals surface area contributed by atoms with Crippen LogP contribution < -0.4 is 5.32 Å². The number of amides is 1. The summed E-state index contributed by atoms with van der Waals surface area (Å²) in [7, 11) is 0. The van der Waals surface area contributed by atoms with Crippen molar-refractivity contribution in [2.24, 2.45) is 5.41 Å². The predicted octanol–water partition coefficient (Wildman–Crippen LogP) is 0.938. The van der Waals surface area contributed by atoms with E-state index in [2.05, 4.69) is 19.2 Å². The Kier molecular flexibility index (Phi) is 3.09. The zero-order valence-electron chi connectivity index (χ0n) is 7.80. The molecule has 3 nitrogen and oxygen atoms in total. The van der Waals surface area contributed by atoms with Gasteiger partial charge in [0.1, 0.15) is 0 Å². The smallest absolute Gasteiger partial charge is 0.207 e. The lowest BCUT2D eigenvalue weighted by molar-refractivity contribution is -0.111. The fourth-order valence-corrected chi connectivity index (χ4v) is 1.39. The third-order valence-corrected chi connectivity index (χ3v) is 2.28. The van der Waals surface area contributed by atoms with Crippen LogP contribution in [-0.4, -0.2) is 25.7 Å². The highest BCUT2D eigenvalue weighted by atomic mass is 16.5. The molecule has 0 aromatic carbocycles. The van der Waals surface area contributed by atoms with Crippen molar-refractivity contribution in [3.63, 3.8) is 0 Å². The summed E-state index contributed by atoms with van der Waals surface area (Å²) in [6, 6.07) is 0. The Morgan fingerprint density at radius 1 is 1.67 bits per heavy atom. The van der Waals surface area contributed by atoms with Gasteiger partial charge in [0.25, 0.3) is 0 Å². The van der Waals surface area contributed by atoms with E-state index in [0.717, 1.165) is 19.4 Å². The van der Waals surface area contributed by atoms with E-state index in [0.29, 0.717) is 12.0 Å². The van der Waals surface area contributed by atoms with Crippen LogP contribution in [0.5, 0.6) is 0 Å². The van der Waals surface area contributed by atoms with Gasteiger partial charge < -0.3 is 10.1 Å². The molecule has 0 aliphatic carbocycles. The lowest BCUT2D eigenvalue weighted by Crippen LogP contribution is -2.37. The van der Waals surface area contributed by atoms with Gasteiger partial charge in [-0.05, 0) is 18.3 Å². The minimum atomic E-state index is 0.225. The van der Waals surface area contributed by atoms with Gasteiger partial charge in [-0.25, -0.2) is 0 Å². The molecular formula is C9H17NO2. The molecule has 1 saturated heterocycles. The van der Waals surface area contributed by atoms with E-state index in [-0.39, 0.29) is 6.10 Å². The Labute approximate surface area is 73.5 Å². The van der Waals surface area contributed by atoms with Crippen LogP contribution in [0.4, 0.5) is 0 Å². The zero-order chi connectivity index (χ0) is 9.03. The molecule has 1 N–H and O–H groups in total. The van der Waals surface area contributed by atoms with Crippen LogP contribution in [0.3, 0.4) is 0 Å². The minimum Gasteiger partial charge on any atom is -0.376 e. The van der Waals surface area contributed by atoms with Crippen molar-refractivity contribution in [2.45, 2.75) is 32.8 Å². The average molecular weight is 171 g/mol. The molecule has 0 spiro atoms. The molecule has 12 heavy (non-hydrogen) atoms. The van der Waals surface area contributed by atoms with Crippen molar-refractivity contribution in [1.82, 2.24) is 5.32 Å². The number of hydrogen-bond donors (Lipinski definition) is 1. The quantitative estimate of drug-likeness (QED) is 0.642. The highest BCUT2D eigenvalue weighted by Gasteiger charge is 2.26. The Morgan fingerprint density at radius 2 is 2.42 bits per heavy atom. The molecule has 0 bridgehead atoms. The van der Waals surface area contributed by atoms with Gasteiger partial charge in [0.15, 0.2) is 0 Å². The number of hydrogen-bond acceptors (Lipinski definition) is 2. The fourth-order valence-electron chi connectivity index (χ4n) is 1.39. The van der Waals surface area contributed by atoms with E-state index in [4.69, 9.17) is 4.74 Å². The first-order valence-electron chi connectivity index (χ1n) is 4.43. The van der Waals surface area contributed by atoms with E-state index < -0.39 is 0 Å². The molecular weight excluding hydrogens is 154 g/mol. The van der Waals surface area contributed by atoms with Crippen molar-refractivity contribution in [3.05, 3.63) is 0 Å². The monoisotopic (exact) mass is 171 g/mol. The third kappa shape index (κ3) is 2.81. The maximum atomic E-state index is 10.0. The summed E-state index contributed by atoms with van der Waals surface area (Å²) in [5.74, 6) is 0. The SMILES string of the molecule is CC1(C)CCC(CNC=O)OC1. The molecule has 3 heteroatoms. The van der Waals surface area contributed by atoms with Crippen LogP contribution in [0.15, 0.2) is 0 Å². The fraction of sp³-hybridized carbons (Fsp3) is 0.889. The summed E-state index contributed by atoms with van der Waals surface area (Å²) in [5.41, 5.74) is 0.317. The van der Waals surface area contributed by atoms with Crippen molar-refractivity contribution < 1.29 is 9.53 Å². The number of ether oxygens (including phenoxy) is 1. The lowest BCUT2D eigenvalue weighted by atomic mass is 9.85. The normalized spacial score (nSPS) is 28.0. The molecule has 1 heterocycles. The number of rotatable bonds is 3. The first-order valence-corrected chi connectivity index (χ1v) is 4.43. The standard InChI is InChI=1S/C9H17NO2/c1-9(2)4-3-8(12-6-9)5-10-7-11/h7-8H,3-6H2,1-2H3,(H,10,11). The van der Waals surface area contributed by atoms with Crippen molar-refractivity contribution in [3.8, 4) is 0 Å². The molecule has 1 amide bonds. The molecule has 1 rings (SSSR count). The van der Waals surface area contributed by atoms with E-state index in [1.165, 1.54) is 6.42 Å². The van der Waals surface area contributed by atoms with Gasteiger partial charge in [0.2, 0.25) is 6.41 Å². The highest BCUT2D eigenvalue weighted by molar-refractivity contribution is 5.45. The Hall–Kier alpha value is -0.570. The largest absolute Gasteiger partial charge is 0.376 e. The molecule has 1 aliphatic heterocycles.